The Morgan fingerprint density at radius 1 is 1.12 bits per heavy atom. The first-order valence-corrected chi connectivity index (χ1v) is 8.36. The molecular formula is C19H23N5. The zero-order valence-electron chi connectivity index (χ0n) is 14.2. The fourth-order valence-corrected chi connectivity index (χ4v) is 2.87. The fourth-order valence-electron chi connectivity index (χ4n) is 2.87. The van der Waals surface area contributed by atoms with Gasteiger partial charge < -0.3 is 11.1 Å². The SMILES string of the molecule is CC[C@H](Nc1nc(CCN)nc2ccccc12)c1ncccc1C. The largest absolute Gasteiger partial charge is 0.361 e. The molecule has 2 aromatic heterocycles. The highest BCUT2D eigenvalue weighted by Crippen LogP contribution is 2.27. The molecule has 2 heterocycles. The lowest BCUT2D eigenvalue weighted by atomic mass is 10.1. The molecule has 3 aromatic rings. The lowest BCUT2D eigenvalue weighted by Crippen LogP contribution is -2.15. The number of hydrogen-bond acceptors (Lipinski definition) is 5. The first kappa shape index (κ1) is 16.3. The molecule has 0 aliphatic rings. The highest BCUT2D eigenvalue weighted by Gasteiger charge is 2.16. The number of benzene rings is 1. The Bertz CT molecular complexity index is 831. The van der Waals surface area contributed by atoms with E-state index in [1.165, 1.54) is 5.56 Å². The van der Waals surface area contributed by atoms with Gasteiger partial charge in [0.15, 0.2) is 0 Å². The van der Waals surface area contributed by atoms with Gasteiger partial charge in [-0.1, -0.05) is 25.1 Å². The van der Waals surface area contributed by atoms with Gasteiger partial charge in [-0.2, -0.15) is 0 Å². The van der Waals surface area contributed by atoms with E-state index in [2.05, 4.69) is 35.2 Å². The van der Waals surface area contributed by atoms with Crippen molar-refractivity contribution in [1.29, 1.82) is 0 Å². The second-order valence-electron chi connectivity index (χ2n) is 5.85. The number of pyridine rings is 1. The highest BCUT2D eigenvalue weighted by atomic mass is 15.1. The first-order valence-electron chi connectivity index (χ1n) is 8.36. The average molecular weight is 321 g/mol. The van der Waals surface area contributed by atoms with E-state index in [-0.39, 0.29) is 6.04 Å². The van der Waals surface area contributed by atoms with E-state index in [9.17, 15) is 0 Å². The monoisotopic (exact) mass is 321 g/mol. The Morgan fingerprint density at radius 2 is 1.96 bits per heavy atom. The van der Waals surface area contributed by atoms with Gasteiger partial charge in [-0.15, -0.1) is 0 Å². The number of para-hydroxylation sites is 1. The molecule has 0 saturated carbocycles. The molecule has 0 radical (unpaired) electrons. The Kier molecular flexibility index (Phi) is 5.01. The summed E-state index contributed by atoms with van der Waals surface area (Å²) in [7, 11) is 0. The molecule has 0 bridgehead atoms. The summed E-state index contributed by atoms with van der Waals surface area (Å²) < 4.78 is 0. The quantitative estimate of drug-likeness (QED) is 0.727. The highest BCUT2D eigenvalue weighted by molar-refractivity contribution is 5.89. The number of nitrogens with one attached hydrogen (secondary N) is 1. The number of hydrogen-bond donors (Lipinski definition) is 2. The number of nitrogens with zero attached hydrogens (tertiary/aromatic N) is 3. The van der Waals surface area contributed by atoms with Crippen molar-refractivity contribution in [2.75, 3.05) is 11.9 Å². The first-order chi connectivity index (χ1) is 11.7. The summed E-state index contributed by atoms with van der Waals surface area (Å²) in [5.74, 6) is 1.62. The minimum absolute atomic E-state index is 0.107. The molecule has 3 N–H and O–H groups in total. The third-order valence-corrected chi connectivity index (χ3v) is 4.12. The number of nitrogens with two attached hydrogens (primary N) is 1. The van der Waals surface area contributed by atoms with Crippen molar-refractivity contribution in [3.63, 3.8) is 0 Å². The molecule has 0 saturated heterocycles. The second-order valence-corrected chi connectivity index (χ2v) is 5.85. The molecule has 0 aliphatic heterocycles. The van der Waals surface area contributed by atoms with Crippen molar-refractivity contribution in [2.45, 2.75) is 32.7 Å². The molecule has 0 spiro atoms. The van der Waals surface area contributed by atoms with Crippen molar-refractivity contribution >= 4 is 16.7 Å². The molecule has 1 aromatic carbocycles. The Balaban J connectivity index is 2.03. The van der Waals surface area contributed by atoms with Crippen molar-refractivity contribution < 1.29 is 0 Å². The number of rotatable bonds is 6. The van der Waals surface area contributed by atoms with Gasteiger partial charge >= 0.3 is 0 Å². The number of aryl methyl sites for hydroxylation is 1. The van der Waals surface area contributed by atoms with E-state index in [1.54, 1.807) is 0 Å². The lowest BCUT2D eigenvalue weighted by Gasteiger charge is -2.20. The van der Waals surface area contributed by atoms with Gasteiger partial charge in [0.25, 0.3) is 0 Å². The normalized spacial score (nSPS) is 12.3. The van der Waals surface area contributed by atoms with Gasteiger partial charge in [0.05, 0.1) is 17.3 Å². The van der Waals surface area contributed by atoms with Crippen molar-refractivity contribution in [3.8, 4) is 0 Å². The summed E-state index contributed by atoms with van der Waals surface area (Å²) >= 11 is 0. The van der Waals surface area contributed by atoms with E-state index in [0.717, 1.165) is 34.7 Å². The van der Waals surface area contributed by atoms with Crippen molar-refractivity contribution in [3.05, 3.63) is 59.7 Å². The van der Waals surface area contributed by atoms with Crippen LogP contribution >= 0.6 is 0 Å². The van der Waals surface area contributed by atoms with Crippen molar-refractivity contribution in [2.24, 2.45) is 5.73 Å². The van der Waals surface area contributed by atoms with Gasteiger partial charge in [0.1, 0.15) is 11.6 Å². The standard InChI is InChI=1S/C19H23N5/c1-3-15(18-13(2)7-6-12-21-18)23-19-14-8-4-5-9-16(14)22-17(24-19)10-11-20/h4-9,12,15H,3,10-11,20H2,1-2H3,(H,22,23,24)/t15-/m0/s1. The van der Waals surface area contributed by atoms with Crippen LogP contribution in [0.2, 0.25) is 0 Å². The summed E-state index contributed by atoms with van der Waals surface area (Å²) in [6.45, 7) is 4.77. The lowest BCUT2D eigenvalue weighted by molar-refractivity contribution is 0.711. The van der Waals surface area contributed by atoms with E-state index >= 15 is 0 Å². The summed E-state index contributed by atoms with van der Waals surface area (Å²) in [5.41, 5.74) is 8.86. The van der Waals surface area contributed by atoms with Gasteiger partial charge in [-0.3, -0.25) is 4.98 Å². The maximum Gasteiger partial charge on any atom is 0.138 e. The predicted molar refractivity (Wildman–Crippen MR) is 97.9 cm³/mol. The maximum absolute atomic E-state index is 5.68. The van der Waals surface area contributed by atoms with Gasteiger partial charge in [0.2, 0.25) is 0 Å². The van der Waals surface area contributed by atoms with Gasteiger partial charge in [-0.05, 0) is 43.7 Å². The molecular weight excluding hydrogens is 298 g/mol. The zero-order valence-corrected chi connectivity index (χ0v) is 14.2. The van der Waals surface area contributed by atoms with Crippen LogP contribution in [0, 0.1) is 6.92 Å². The van der Waals surface area contributed by atoms with Gasteiger partial charge in [0, 0.05) is 18.0 Å². The van der Waals surface area contributed by atoms with Crippen LogP contribution < -0.4 is 11.1 Å². The van der Waals surface area contributed by atoms with E-state index in [4.69, 9.17) is 10.7 Å². The second kappa shape index (κ2) is 7.36. The minimum Gasteiger partial charge on any atom is -0.361 e. The molecule has 0 aliphatic carbocycles. The summed E-state index contributed by atoms with van der Waals surface area (Å²) in [5, 5.41) is 4.59. The smallest absolute Gasteiger partial charge is 0.138 e. The van der Waals surface area contributed by atoms with Crippen LogP contribution in [0.25, 0.3) is 10.9 Å². The molecule has 3 rings (SSSR count). The maximum atomic E-state index is 5.68. The fraction of sp³-hybridized carbons (Fsp3) is 0.316. The predicted octanol–water partition coefficient (Wildman–Crippen LogP) is 3.40. The molecule has 24 heavy (non-hydrogen) atoms. The molecule has 5 nitrogen and oxygen atoms in total. The Labute approximate surface area is 142 Å². The van der Waals surface area contributed by atoms with Gasteiger partial charge in [-0.25, -0.2) is 9.97 Å². The molecule has 5 heteroatoms. The van der Waals surface area contributed by atoms with E-state index in [1.807, 2.05) is 36.5 Å². The number of anilines is 1. The van der Waals surface area contributed by atoms with Crippen LogP contribution in [0.15, 0.2) is 42.6 Å². The minimum atomic E-state index is 0.107. The average Bonchev–Trinajstić information content (AvgIpc) is 2.60. The van der Waals surface area contributed by atoms with Crippen LogP contribution in [0.4, 0.5) is 5.82 Å². The van der Waals surface area contributed by atoms with Crippen molar-refractivity contribution in [1.82, 2.24) is 15.0 Å². The molecule has 0 unspecified atom stereocenters. The Hall–Kier alpha value is -2.53. The van der Waals surface area contributed by atoms with Crippen LogP contribution in [0.5, 0.6) is 0 Å². The Morgan fingerprint density at radius 3 is 2.71 bits per heavy atom. The molecule has 0 amide bonds. The zero-order chi connectivity index (χ0) is 16.9. The van der Waals surface area contributed by atoms with E-state index < -0.39 is 0 Å². The summed E-state index contributed by atoms with van der Waals surface area (Å²) in [6, 6.07) is 12.2. The summed E-state index contributed by atoms with van der Waals surface area (Å²) in [6.07, 6.45) is 3.42. The molecule has 0 fully saturated rings. The van der Waals surface area contributed by atoms with Crippen LogP contribution in [0.1, 0.15) is 36.5 Å². The third kappa shape index (κ3) is 3.36. The number of aromatic nitrogens is 3. The van der Waals surface area contributed by atoms with E-state index in [0.29, 0.717) is 13.0 Å². The number of fused-ring (bicyclic) bond motifs is 1. The van der Waals surface area contributed by atoms with Crippen LogP contribution in [0.3, 0.4) is 0 Å². The topological polar surface area (TPSA) is 76.7 Å². The summed E-state index contributed by atoms with van der Waals surface area (Å²) in [4.78, 5) is 13.9. The van der Waals surface area contributed by atoms with Crippen LogP contribution in [-0.2, 0) is 6.42 Å². The third-order valence-electron chi connectivity index (χ3n) is 4.12. The molecule has 124 valence electrons. The molecule has 1 atom stereocenters. The van der Waals surface area contributed by atoms with Crippen LogP contribution in [-0.4, -0.2) is 21.5 Å².